The first kappa shape index (κ1) is 20.0. The van der Waals surface area contributed by atoms with E-state index in [2.05, 4.69) is 42.3 Å². The number of rotatable bonds is 5. The van der Waals surface area contributed by atoms with Crippen molar-refractivity contribution in [3.63, 3.8) is 0 Å². The van der Waals surface area contributed by atoms with Crippen LogP contribution >= 0.6 is 11.8 Å². The van der Waals surface area contributed by atoms with Crippen LogP contribution in [-0.2, 0) is 6.54 Å². The normalized spacial score (nSPS) is 17.2. The van der Waals surface area contributed by atoms with E-state index < -0.39 is 0 Å². The van der Waals surface area contributed by atoms with Gasteiger partial charge in [-0.2, -0.15) is 0 Å². The lowest BCUT2D eigenvalue weighted by molar-refractivity contribution is 0.154. The van der Waals surface area contributed by atoms with Gasteiger partial charge in [-0.05, 0) is 75.7 Å². The largest absolute Gasteiger partial charge is 0.507 e. The molecular formula is C22H30N2O2S. The van der Waals surface area contributed by atoms with Crippen LogP contribution in [0.1, 0.15) is 49.6 Å². The fraction of sp³-hybridized carbons (Fsp3) is 0.500. The minimum atomic E-state index is -0.209. The van der Waals surface area contributed by atoms with Crippen LogP contribution in [-0.4, -0.2) is 33.9 Å². The topological polar surface area (TPSA) is 45.5 Å². The molecule has 146 valence electrons. The van der Waals surface area contributed by atoms with Crippen molar-refractivity contribution in [3.05, 3.63) is 57.5 Å². The highest BCUT2D eigenvalue weighted by molar-refractivity contribution is 7.98. The summed E-state index contributed by atoms with van der Waals surface area (Å²) < 4.78 is 1.75. The molecule has 1 fully saturated rings. The van der Waals surface area contributed by atoms with Crippen LogP contribution in [0.2, 0.25) is 0 Å². The molecule has 27 heavy (non-hydrogen) atoms. The number of thioether (sulfide) groups is 1. The molecule has 1 atom stereocenters. The Labute approximate surface area is 166 Å². The number of benzene rings is 1. The number of nitrogens with zero attached hydrogens (tertiary/aromatic N) is 2. The third-order valence-corrected chi connectivity index (χ3v) is 6.47. The van der Waals surface area contributed by atoms with Crippen LogP contribution in [0.3, 0.4) is 0 Å². The maximum atomic E-state index is 13.3. The van der Waals surface area contributed by atoms with E-state index in [1.54, 1.807) is 22.4 Å². The van der Waals surface area contributed by atoms with Gasteiger partial charge < -0.3 is 9.67 Å². The highest BCUT2D eigenvalue weighted by Gasteiger charge is 2.31. The Bertz CT molecular complexity index is 837. The lowest BCUT2D eigenvalue weighted by Gasteiger charge is -2.37. The Balaban J connectivity index is 2.14. The molecule has 0 radical (unpaired) electrons. The summed E-state index contributed by atoms with van der Waals surface area (Å²) in [4.78, 5) is 16.8. The van der Waals surface area contributed by atoms with Crippen LogP contribution in [0.25, 0.3) is 0 Å². The van der Waals surface area contributed by atoms with E-state index in [-0.39, 0.29) is 17.4 Å². The number of pyridine rings is 1. The van der Waals surface area contributed by atoms with Crippen LogP contribution in [0.5, 0.6) is 5.75 Å². The molecule has 0 spiro atoms. The van der Waals surface area contributed by atoms with Gasteiger partial charge in [0.15, 0.2) is 0 Å². The maximum Gasteiger partial charge on any atom is 0.259 e. The van der Waals surface area contributed by atoms with Crippen molar-refractivity contribution in [3.8, 4) is 5.75 Å². The molecule has 1 N–H and O–H groups in total. The number of hydrogen-bond donors (Lipinski definition) is 1. The molecule has 1 aromatic heterocycles. The highest BCUT2D eigenvalue weighted by atomic mass is 32.2. The summed E-state index contributed by atoms with van der Waals surface area (Å²) >= 11 is 1.71. The van der Waals surface area contributed by atoms with E-state index in [1.807, 2.05) is 13.8 Å². The summed E-state index contributed by atoms with van der Waals surface area (Å²) in [5.74, 6) is 0.819. The smallest absolute Gasteiger partial charge is 0.259 e. The Morgan fingerprint density at radius 3 is 2.41 bits per heavy atom. The molecule has 5 heteroatoms. The molecule has 0 saturated carbocycles. The molecule has 0 aliphatic carbocycles. The summed E-state index contributed by atoms with van der Waals surface area (Å²) in [6.45, 7) is 8.61. The summed E-state index contributed by atoms with van der Waals surface area (Å²) in [7, 11) is 0. The third kappa shape index (κ3) is 4.09. The lowest BCUT2D eigenvalue weighted by Crippen LogP contribution is -2.40. The molecule has 1 aliphatic rings. The van der Waals surface area contributed by atoms with E-state index in [0.717, 1.165) is 37.2 Å². The van der Waals surface area contributed by atoms with Gasteiger partial charge in [-0.3, -0.25) is 9.69 Å². The zero-order valence-corrected chi connectivity index (χ0v) is 17.6. The monoisotopic (exact) mass is 386 g/mol. The van der Waals surface area contributed by atoms with Gasteiger partial charge in [-0.1, -0.05) is 19.1 Å². The molecular weight excluding hydrogens is 356 g/mol. The molecule has 3 rings (SSSR count). The van der Waals surface area contributed by atoms with Crippen LogP contribution in [0, 0.1) is 12.8 Å². The quantitative estimate of drug-likeness (QED) is 0.773. The third-order valence-electron chi connectivity index (χ3n) is 5.73. The van der Waals surface area contributed by atoms with Gasteiger partial charge in [0.25, 0.3) is 5.56 Å². The van der Waals surface area contributed by atoms with Gasteiger partial charge in [-0.15, -0.1) is 11.8 Å². The lowest BCUT2D eigenvalue weighted by atomic mass is 9.92. The van der Waals surface area contributed by atoms with Gasteiger partial charge >= 0.3 is 0 Å². The number of likely N-dealkylation sites (tertiary alicyclic amines) is 1. The Hall–Kier alpha value is -1.72. The van der Waals surface area contributed by atoms with E-state index in [4.69, 9.17) is 0 Å². The second-order valence-electron chi connectivity index (χ2n) is 7.53. The van der Waals surface area contributed by atoms with E-state index >= 15 is 0 Å². The minimum Gasteiger partial charge on any atom is -0.507 e. The van der Waals surface area contributed by atoms with Crippen LogP contribution < -0.4 is 5.56 Å². The Morgan fingerprint density at radius 1 is 1.22 bits per heavy atom. The van der Waals surface area contributed by atoms with Gasteiger partial charge in [0.05, 0.1) is 11.6 Å². The van der Waals surface area contributed by atoms with Crippen molar-refractivity contribution in [2.24, 2.45) is 5.92 Å². The van der Waals surface area contributed by atoms with Gasteiger partial charge in [0, 0.05) is 17.1 Å². The van der Waals surface area contributed by atoms with Crippen molar-refractivity contribution in [1.82, 2.24) is 9.47 Å². The zero-order valence-electron chi connectivity index (χ0n) is 16.7. The summed E-state index contributed by atoms with van der Waals surface area (Å²) in [6, 6.07) is 9.93. The van der Waals surface area contributed by atoms with Gasteiger partial charge in [0.1, 0.15) is 5.75 Å². The van der Waals surface area contributed by atoms with Crippen molar-refractivity contribution in [1.29, 1.82) is 0 Å². The average Bonchev–Trinajstić information content (AvgIpc) is 2.66. The van der Waals surface area contributed by atoms with E-state index in [9.17, 15) is 9.90 Å². The van der Waals surface area contributed by atoms with Gasteiger partial charge in [0.2, 0.25) is 0 Å². The van der Waals surface area contributed by atoms with Crippen molar-refractivity contribution >= 4 is 11.8 Å². The maximum absolute atomic E-state index is 13.3. The number of piperidine rings is 1. The fourth-order valence-corrected chi connectivity index (χ4v) is 4.46. The van der Waals surface area contributed by atoms with Crippen molar-refractivity contribution in [2.75, 3.05) is 19.3 Å². The summed E-state index contributed by atoms with van der Waals surface area (Å²) in [5.41, 5.74) is 2.30. The molecule has 2 aromatic rings. The molecule has 4 nitrogen and oxygen atoms in total. The molecule has 0 amide bonds. The predicted octanol–water partition coefficient (Wildman–Crippen LogP) is 4.43. The zero-order chi connectivity index (χ0) is 19.6. The van der Waals surface area contributed by atoms with Gasteiger partial charge in [-0.25, -0.2) is 0 Å². The Morgan fingerprint density at radius 2 is 1.85 bits per heavy atom. The second-order valence-corrected chi connectivity index (χ2v) is 8.41. The molecule has 2 heterocycles. The minimum absolute atomic E-state index is 0.0763. The summed E-state index contributed by atoms with van der Waals surface area (Å²) in [5, 5.41) is 10.8. The van der Waals surface area contributed by atoms with Crippen LogP contribution in [0.15, 0.2) is 40.0 Å². The highest BCUT2D eigenvalue weighted by Crippen LogP contribution is 2.35. The first-order chi connectivity index (χ1) is 13.0. The number of aromatic hydroxyl groups is 1. The van der Waals surface area contributed by atoms with Crippen LogP contribution in [0.4, 0.5) is 0 Å². The fourth-order valence-electron chi connectivity index (χ4n) is 4.05. The molecule has 1 saturated heterocycles. The van der Waals surface area contributed by atoms with Crippen molar-refractivity contribution < 1.29 is 5.11 Å². The van der Waals surface area contributed by atoms with Crippen molar-refractivity contribution in [2.45, 2.75) is 51.1 Å². The first-order valence-corrected chi connectivity index (χ1v) is 11.0. The first-order valence-electron chi connectivity index (χ1n) is 9.77. The standard InChI is InChI=1S/C22H30N2O2S/c1-5-24-16(3)14-19(25)20(22(24)26)21(23-12-10-15(2)11-13-23)17-6-8-18(27-4)9-7-17/h6-9,14-15,21,25H,5,10-13H2,1-4H3. The molecule has 1 aromatic carbocycles. The van der Waals surface area contributed by atoms with E-state index in [1.165, 1.54) is 4.90 Å². The van der Waals surface area contributed by atoms with E-state index in [0.29, 0.717) is 18.0 Å². The average molecular weight is 387 g/mol. The molecule has 0 bridgehead atoms. The second kappa shape index (κ2) is 8.53. The predicted molar refractivity (Wildman–Crippen MR) is 113 cm³/mol. The number of hydrogen-bond acceptors (Lipinski definition) is 4. The number of aromatic nitrogens is 1. The number of aryl methyl sites for hydroxylation is 1. The SMILES string of the molecule is CCn1c(C)cc(O)c(C(c2ccc(SC)cc2)N2CCC(C)CC2)c1=O. The molecule has 1 aliphatic heterocycles. The Kier molecular flexibility index (Phi) is 6.33. The summed E-state index contributed by atoms with van der Waals surface area (Å²) in [6.07, 6.45) is 4.30. The molecule has 1 unspecified atom stereocenters.